The number of carbonyl (C=O) groups excluding carboxylic acids is 3. The van der Waals surface area contributed by atoms with Gasteiger partial charge in [-0.25, -0.2) is 0 Å². The van der Waals surface area contributed by atoms with Crippen LogP contribution in [0.5, 0.6) is 0 Å². The molecule has 5 N–H and O–H groups in total. The summed E-state index contributed by atoms with van der Waals surface area (Å²) in [5.41, 5.74) is 3.51. The van der Waals surface area contributed by atoms with Crippen molar-refractivity contribution >= 4 is 46.9 Å². The number of aldehydes is 1. The quantitative estimate of drug-likeness (QED) is 0.107. The molecule has 2 heterocycles. The maximum Gasteiger partial charge on any atom is 0.317 e. The van der Waals surface area contributed by atoms with Crippen LogP contribution in [0.3, 0.4) is 0 Å². The third-order valence-corrected chi connectivity index (χ3v) is 8.72. The SMILES string of the molecule is O=Cc1ccnc2ccc(-c3ccc(C(=O)NCCCNC(=O)CN4CCN(CC(=O)O)CCN(CC(=O)O)CCN(CC(=O)O)CC4)cc3)cc12. The summed E-state index contributed by atoms with van der Waals surface area (Å²) in [6.07, 6.45) is 2.87. The lowest BCUT2D eigenvalue weighted by molar-refractivity contribution is -0.140. The fraction of sp³-hybridized carbons (Fsp3) is 0.417. The summed E-state index contributed by atoms with van der Waals surface area (Å²) in [6, 6.07) is 14.4. The second-order valence-corrected chi connectivity index (χ2v) is 12.6. The maximum absolute atomic E-state index is 12.9. The molecule has 0 saturated carbocycles. The first-order chi connectivity index (χ1) is 25.0. The highest BCUT2D eigenvalue weighted by atomic mass is 16.4. The maximum atomic E-state index is 12.9. The Morgan fingerprint density at radius 2 is 1.12 bits per heavy atom. The van der Waals surface area contributed by atoms with Crippen molar-refractivity contribution in [2.45, 2.75) is 6.42 Å². The summed E-state index contributed by atoms with van der Waals surface area (Å²) >= 11 is 0. The molecule has 16 heteroatoms. The number of hydrogen-bond acceptors (Lipinski definition) is 11. The van der Waals surface area contributed by atoms with E-state index in [1.165, 1.54) is 0 Å². The molecule has 4 rings (SSSR count). The molecule has 16 nitrogen and oxygen atoms in total. The van der Waals surface area contributed by atoms with Crippen LogP contribution in [0, 0.1) is 0 Å². The van der Waals surface area contributed by atoms with Crippen molar-refractivity contribution < 1.29 is 44.1 Å². The van der Waals surface area contributed by atoms with Crippen LogP contribution in [-0.2, 0) is 19.2 Å². The Hall–Kier alpha value is -5.29. The molecule has 2 aromatic carbocycles. The predicted octanol–water partition coefficient (Wildman–Crippen LogP) is 0.426. The minimum atomic E-state index is -1.03. The van der Waals surface area contributed by atoms with Crippen LogP contribution in [0.15, 0.2) is 54.7 Å². The van der Waals surface area contributed by atoms with Gasteiger partial charge in [0.25, 0.3) is 5.91 Å². The first-order valence-electron chi connectivity index (χ1n) is 17.0. The van der Waals surface area contributed by atoms with Crippen molar-refractivity contribution in [3.05, 3.63) is 65.9 Å². The van der Waals surface area contributed by atoms with E-state index in [0.717, 1.165) is 28.3 Å². The van der Waals surface area contributed by atoms with E-state index in [2.05, 4.69) is 15.6 Å². The van der Waals surface area contributed by atoms with E-state index >= 15 is 0 Å². The number of fused-ring (bicyclic) bond motifs is 1. The van der Waals surface area contributed by atoms with Crippen molar-refractivity contribution in [1.29, 1.82) is 0 Å². The molecule has 52 heavy (non-hydrogen) atoms. The summed E-state index contributed by atoms with van der Waals surface area (Å²) in [5, 5.41) is 34.6. The van der Waals surface area contributed by atoms with Gasteiger partial charge in [0, 0.05) is 88.2 Å². The molecule has 2 amide bonds. The lowest BCUT2D eigenvalue weighted by Gasteiger charge is -2.32. The minimum absolute atomic E-state index is 0.00977. The van der Waals surface area contributed by atoms with Crippen molar-refractivity contribution in [1.82, 2.24) is 35.2 Å². The summed E-state index contributed by atoms with van der Waals surface area (Å²) < 4.78 is 0. The smallest absolute Gasteiger partial charge is 0.317 e. The molecule has 0 atom stereocenters. The molecule has 1 aliphatic rings. The van der Waals surface area contributed by atoms with E-state index in [0.29, 0.717) is 69.9 Å². The largest absolute Gasteiger partial charge is 0.480 e. The Balaban J connectivity index is 1.25. The van der Waals surface area contributed by atoms with Crippen LogP contribution in [0.4, 0.5) is 0 Å². The second kappa shape index (κ2) is 19.9. The molecule has 0 unspecified atom stereocenters. The lowest BCUT2D eigenvalue weighted by atomic mass is 10.00. The normalized spacial score (nSPS) is 15.6. The van der Waals surface area contributed by atoms with E-state index in [9.17, 15) is 44.1 Å². The Kier molecular flexibility index (Phi) is 15.1. The van der Waals surface area contributed by atoms with Crippen LogP contribution < -0.4 is 10.6 Å². The number of nitrogens with one attached hydrogen (secondary N) is 2. The average Bonchev–Trinajstić information content (AvgIpc) is 3.11. The number of nitrogens with zero attached hydrogens (tertiary/aromatic N) is 5. The molecule has 0 spiro atoms. The third kappa shape index (κ3) is 12.8. The minimum Gasteiger partial charge on any atom is -0.480 e. The molecule has 0 bridgehead atoms. The number of aromatic nitrogens is 1. The van der Waals surface area contributed by atoms with Gasteiger partial charge in [-0.2, -0.15) is 0 Å². The van der Waals surface area contributed by atoms with Gasteiger partial charge in [-0.05, 0) is 47.9 Å². The Morgan fingerprint density at radius 1 is 0.635 bits per heavy atom. The number of hydrogen-bond donors (Lipinski definition) is 5. The number of carbonyl (C=O) groups is 6. The van der Waals surface area contributed by atoms with Crippen molar-refractivity contribution in [3.8, 4) is 11.1 Å². The first-order valence-corrected chi connectivity index (χ1v) is 17.0. The van der Waals surface area contributed by atoms with E-state index in [-0.39, 0.29) is 51.1 Å². The van der Waals surface area contributed by atoms with Crippen LogP contribution >= 0.6 is 0 Å². The van der Waals surface area contributed by atoms with Crippen LogP contribution in [-0.4, -0.2) is 168 Å². The number of carboxylic acid groups (broad SMARTS) is 3. The van der Waals surface area contributed by atoms with Crippen molar-refractivity contribution in [2.24, 2.45) is 0 Å². The van der Waals surface area contributed by atoms with Gasteiger partial charge in [0.1, 0.15) is 0 Å². The zero-order valence-electron chi connectivity index (χ0n) is 28.9. The number of pyridine rings is 1. The van der Waals surface area contributed by atoms with Gasteiger partial charge in [-0.3, -0.25) is 53.4 Å². The van der Waals surface area contributed by atoms with E-state index in [1.54, 1.807) is 39.1 Å². The molecular formula is C36H45N7O9. The Labute approximate surface area is 301 Å². The molecule has 3 aromatic rings. The topological polar surface area (TPSA) is 213 Å². The van der Waals surface area contributed by atoms with Gasteiger partial charge >= 0.3 is 17.9 Å². The van der Waals surface area contributed by atoms with E-state index in [4.69, 9.17) is 0 Å². The molecule has 1 aromatic heterocycles. The highest BCUT2D eigenvalue weighted by Crippen LogP contribution is 2.25. The van der Waals surface area contributed by atoms with Gasteiger partial charge < -0.3 is 26.0 Å². The van der Waals surface area contributed by atoms with Gasteiger partial charge in [0.2, 0.25) is 5.91 Å². The number of benzene rings is 2. The second-order valence-electron chi connectivity index (χ2n) is 12.6. The van der Waals surface area contributed by atoms with Gasteiger partial charge in [0.05, 0.1) is 31.7 Å². The van der Waals surface area contributed by atoms with E-state index in [1.807, 2.05) is 35.2 Å². The summed E-state index contributed by atoms with van der Waals surface area (Å²) in [6.45, 7) is 2.37. The van der Waals surface area contributed by atoms with Crippen molar-refractivity contribution in [2.75, 3.05) is 91.6 Å². The van der Waals surface area contributed by atoms with Gasteiger partial charge in [-0.1, -0.05) is 18.2 Å². The highest BCUT2D eigenvalue weighted by molar-refractivity contribution is 5.98. The average molecular weight is 720 g/mol. The fourth-order valence-electron chi connectivity index (χ4n) is 5.93. The van der Waals surface area contributed by atoms with E-state index < -0.39 is 17.9 Å². The summed E-state index contributed by atoms with van der Waals surface area (Å²) in [5.74, 6) is -3.59. The molecule has 1 fully saturated rings. The zero-order valence-corrected chi connectivity index (χ0v) is 28.9. The number of amides is 2. The van der Waals surface area contributed by atoms with Gasteiger partial charge in [0.15, 0.2) is 6.29 Å². The molecule has 278 valence electrons. The van der Waals surface area contributed by atoms with Crippen molar-refractivity contribution in [3.63, 3.8) is 0 Å². The number of rotatable bonds is 15. The number of aliphatic carboxylic acids is 3. The Morgan fingerprint density at radius 3 is 1.62 bits per heavy atom. The Bertz CT molecular complexity index is 1690. The lowest BCUT2D eigenvalue weighted by Crippen LogP contribution is -2.49. The molecule has 1 saturated heterocycles. The highest BCUT2D eigenvalue weighted by Gasteiger charge is 2.21. The van der Waals surface area contributed by atoms with Crippen LogP contribution in [0.2, 0.25) is 0 Å². The predicted molar refractivity (Wildman–Crippen MR) is 191 cm³/mol. The summed E-state index contributed by atoms with van der Waals surface area (Å²) in [7, 11) is 0. The van der Waals surface area contributed by atoms with Gasteiger partial charge in [-0.15, -0.1) is 0 Å². The fourth-order valence-corrected chi connectivity index (χ4v) is 5.93. The monoisotopic (exact) mass is 719 g/mol. The molecule has 1 aliphatic heterocycles. The number of carboxylic acids is 3. The molecule has 0 aliphatic carbocycles. The standard InChI is InChI=1S/C36H45N7O9/c44-25-29-8-11-37-31-7-6-28(20-30(29)31)26-2-4-27(5-3-26)36(52)39-10-1-9-38-32(45)21-40-12-14-41(22-33(46)47)16-18-43(24-35(50)51)19-17-42(15-13-40)23-34(48)49/h2-8,11,20,25H,1,9-10,12-19,21-24H2,(H,38,45)(H,39,52)(H,46,47)(H,48,49)(H,50,51). The summed E-state index contributed by atoms with van der Waals surface area (Å²) in [4.78, 5) is 82.7. The third-order valence-electron chi connectivity index (χ3n) is 8.72. The first kappa shape index (κ1) is 39.5. The van der Waals surface area contributed by atoms with Crippen LogP contribution in [0.1, 0.15) is 27.1 Å². The van der Waals surface area contributed by atoms with Crippen LogP contribution in [0.25, 0.3) is 22.0 Å². The molecule has 0 radical (unpaired) electrons. The molecular weight excluding hydrogens is 674 g/mol. The zero-order chi connectivity index (χ0) is 37.5.